The number of aromatic nitrogens is 2. The number of aliphatic hydroxyl groups is 1. The fourth-order valence-electron chi connectivity index (χ4n) is 1.47. The fraction of sp³-hybridized carbons (Fsp3) is 0.636. The molecule has 0 aliphatic heterocycles. The maximum atomic E-state index is 8.73. The molecule has 1 aromatic rings. The van der Waals surface area contributed by atoms with Gasteiger partial charge >= 0.3 is 0 Å². The lowest BCUT2D eigenvalue weighted by molar-refractivity contribution is 0.282. The molecule has 0 amide bonds. The van der Waals surface area contributed by atoms with Gasteiger partial charge in [0.15, 0.2) is 0 Å². The standard InChI is InChI=1S/C11H20N4O/c1-3-10-14-9(12)7-11(15-10)13-8(2)5-4-6-16/h7-8,16H,3-6H2,1-2H3,(H3,12,13,14,15). The average Bonchev–Trinajstić information content (AvgIpc) is 2.25. The van der Waals surface area contributed by atoms with E-state index in [0.29, 0.717) is 5.82 Å². The van der Waals surface area contributed by atoms with Gasteiger partial charge in [-0.1, -0.05) is 6.92 Å². The number of nitrogens with one attached hydrogen (secondary N) is 1. The summed E-state index contributed by atoms with van der Waals surface area (Å²) in [7, 11) is 0. The second kappa shape index (κ2) is 6.27. The molecule has 1 atom stereocenters. The maximum absolute atomic E-state index is 8.73. The molecule has 0 radical (unpaired) electrons. The number of nitrogens with zero attached hydrogens (tertiary/aromatic N) is 2. The smallest absolute Gasteiger partial charge is 0.132 e. The molecule has 5 nitrogen and oxygen atoms in total. The van der Waals surface area contributed by atoms with Crippen molar-refractivity contribution in [1.29, 1.82) is 0 Å². The quantitative estimate of drug-likeness (QED) is 0.676. The molecule has 0 saturated heterocycles. The van der Waals surface area contributed by atoms with E-state index in [1.807, 2.05) is 6.92 Å². The van der Waals surface area contributed by atoms with Crippen LogP contribution in [0.4, 0.5) is 11.6 Å². The highest BCUT2D eigenvalue weighted by molar-refractivity contribution is 5.45. The highest BCUT2D eigenvalue weighted by Crippen LogP contribution is 2.11. The Hall–Kier alpha value is -1.36. The number of nitrogens with two attached hydrogens (primary N) is 1. The van der Waals surface area contributed by atoms with Gasteiger partial charge in [-0.25, -0.2) is 9.97 Å². The van der Waals surface area contributed by atoms with E-state index in [0.717, 1.165) is 30.9 Å². The molecule has 1 aromatic heterocycles. The largest absolute Gasteiger partial charge is 0.396 e. The Morgan fingerprint density at radius 2 is 2.25 bits per heavy atom. The summed E-state index contributed by atoms with van der Waals surface area (Å²) < 4.78 is 0. The number of rotatable bonds is 6. The van der Waals surface area contributed by atoms with Crippen molar-refractivity contribution in [1.82, 2.24) is 9.97 Å². The van der Waals surface area contributed by atoms with Gasteiger partial charge in [-0.3, -0.25) is 0 Å². The van der Waals surface area contributed by atoms with Gasteiger partial charge in [-0.2, -0.15) is 0 Å². The number of nitrogen functional groups attached to an aromatic ring is 1. The molecular weight excluding hydrogens is 204 g/mol. The molecule has 0 spiro atoms. The SMILES string of the molecule is CCc1nc(N)cc(NC(C)CCCO)n1. The second-order valence-corrected chi connectivity index (χ2v) is 3.86. The van der Waals surface area contributed by atoms with Crippen LogP contribution in [-0.4, -0.2) is 27.7 Å². The van der Waals surface area contributed by atoms with E-state index in [1.165, 1.54) is 0 Å². The van der Waals surface area contributed by atoms with Crippen molar-refractivity contribution in [3.8, 4) is 0 Å². The van der Waals surface area contributed by atoms with Crippen LogP contribution < -0.4 is 11.1 Å². The summed E-state index contributed by atoms with van der Waals surface area (Å²) in [6, 6.07) is 2.00. The number of aliphatic hydroxyl groups excluding tert-OH is 1. The average molecular weight is 224 g/mol. The van der Waals surface area contributed by atoms with Crippen LogP contribution in [0.3, 0.4) is 0 Å². The minimum atomic E-state index is 0.220. The first-order valence-corrected chi connectivity index (χ1v) is 5.66. The van der Waals surface area contributed by atoms with Gasteiger partial charge in [0.05, 0.1) is 0 Å². The lowest BCUT2D eigenvalue weighted by atomic mass is 10.2. The summed E-state index contributed by atoms with van der Waals surface area (Å²) in [4.78, 5) is 8.44. The Balaban J connectivity index is 2.61. The van der Waals surface area contributed by atoms with Crippen LogP contribution in [0.5, 0.6) is 0 Å². The molecule has 1 heterocycles. The van der Waals surface area contributed by atoms with E-state index < -0.39 is 0 Å². The van der Waals surface area contributed by atoms with Gasteiger partial charge < -0.3 is 16.2 Å². The van der Waals surface area contributed by atoms with Crippen LogP contribution >= 0.6 is 0 Å². The van der Waals surface area contributed by atoms with E-state index in [4.69, 9.17) is 10.8 Å². The minimum absolute atomic E-state index is 0.220. The molecule has 1 rings (SSSR count). The van der Waals surface area contributed by atoms with Gasteiger partial charge in [0.25, 0.3) is 0 Å². The number of aryl methyl sites for hydroxylation is 1. The van der Waals surface area contributed by atoms with E-state index in [9.17, 15) is 0 Å². The van der Waals surface area contributed by atoms with Crippen molar-refractivity contribution in [2.75, 3.05) is 17.7 Å². The van der Waals surface area contributed by atoms with Crippen molar-refractivity contribution in [2.45, 2.75) is 39.2 Å². The molecule has 0 aromatic carbocycles. The second-order valence-electron chi connectivity index (χ2n) is 3.86. The Kier molecular flexibility index (Phi) is 4.98. The van der Waals surface area contributed by atoms with E-state index in [-0.39, 0.29) is 12.6 Å². The third-order valence-electron chi connectivity index (χ3n) is 2.30. The van der Waals surface area contributed by atoms with Crippen LogP contribution in [0.15, 0.2) is 6.07 Å². The van der Waals surface area contributed by atoms with Crippen molar-refractivity contribution in [2.24, 2.45) is 0 Å². The molecule has 90 valence electrons. The summed E-state index contributed by atoms with van der Waals surface area (Å²) in [6.07, 6.45) is 2.46. The minimum Gasteiger partial charge on any atom is -0.396 e. The van der Waals surface area contributed by atoms with Crippen molar-refractivity contribution in [3.05, 3.63) is 11.9 Å². The molecule has 0 aliphatic carbocycles. The van der Waals surface area contributed by atoms with Gasteiger partial charge in [0.2, 0.25) is 0 Å². The summed E-state index contributed by atoms with van der Waals surface area (Å²) in [5.74, 6) is 2.00. The molecule has 0 fully saturated rings. The summed E-state index contributed by atoms with van der Waals surface area (Å²) >= 11 is 0. The van der Waals surface area contributed by atoms with Crippen molar-refractivity contribution >= 4 is 11.6 Å². The number of hydrogen-bond donors (Lipinski definition) is 3. The van der Waals surface area contributed by atoms with Crippen molar-refractivity contribution < 1.29 is 5.11 Å². The molecule has 5 heteroatoms. The predicted molar refractivity (Wildman–Crippen MR) is 65.2 cm³/mol. The lowest BCUT2D eigenvalue weighted by Gasteiger charge is -2.14. The third kappa shape index (κ3) is 4.02. The van der Waals surface area contributed by atoms with Crippen LogP contribution in [0.2, 0.25) is 0 Å². The zero-order valence-corrected chi connectivity index (χ0v) is 9.90. The molecule has 16 heavy (non-hydrogen) atoms. The highest BCUT2D eigenvalue weighted by Gasteiger charge is 2.05. The summed E-state index contributed by atoms with van der Waals surface area (Å²) in [6.45, 7) is 4.27. The van der Waals surface area contributed by atoms with Crippen LogP contribution in [-0.2, 0) is 6.42 Å². The molecular formula is C11H20N4O. The topological polar surface area (TPSA) is 84.1 Å². The molecule has 1 unspecified atom stereocenters. The van der Waals surface area contributed by atoms with Gasteiger partial charge in [-0.15, -0.1) is 0 Å². The van der Waals surface area contributed by atoms with E-state index >= 15 is 0 Å². The lowest BCUT2D eigenvalue weighted by Crippen LogP contribution is -2.17. The zero-order valence-electron chi connectivity index (χ0n) is 9.90. The fourth-order valence-corrected chi connectivity index (χ4v) is 1.47. The normalized spacial score (nSPS) is 12.4. The Morgan fingerprint density at radius 1 is 1.50 bits per heavy atom. The third-order valence-corrected chi connectivity index (χ3v) is 2.30. The highest BCUT2D eigenvalue weighted by atomic mass is 16.2. The van der Waals surface area contributed by atoms with Gasteiger partial charge in [0.1, 0.15) is 17.5 Å². The zero-order chi connectivity index (χ0) is 12.0. The molecule has 0 saturated carbocycles. The van der Waals surface area contributed by atoms with Crippen LogP contribution in [0.25, 0.3) is 0 Å². The first-order chi connectivity index (χ1) is 7.65. The molecule has 4 N–H and O–H groups in total. The maximum Gasteiger partial charge on any atom is 0.132 e. The Bertz CT molecular complexity index is 330. The monoisotopic (exact) mass is 224 g/mol. The Labute approximate surface area is 96.1 Å². The van der Waals surface area contributed by atoms with Gasteiger partial charge in [0, 0.05) is 25.1 Å². The van der Waals surface area contributed by atoms with E-state index in [1.54, 1.807) is 6.07 Å². The first-order valence-electron chi connectivity index (χ1n) is 5.66. The summed E-state index contributed by atoms with van der Waals surface area (Å²) in [5, 5.41) is 12.0. The number of hydrogen-bond acceptors (Lipinski definition) is 5. The van der Waals surface area contributed by atoms with Crippen molar-refractivity contribution in [3.63, 3.8) is 0 Å². The molecule has 0 bridgehead atoms. The van der Waals surface area contributed by atoms with E-state index in [2.05, 4.69) is 22.2 Å². The van der Waals surface area contributed by atoms with Crippen LogP contribution in [0, 0.1) is 0 Å². The Morgan fingerprint density at radius 3 is 2.88 bits per heavy atom. The summed E-state index contributed by atoms with van der Waals surface area (Å²) in [5.41, 5.74) is 5.68. The number of anilines is 2. The van der Waals surface area contributed by atoms with Gasteiger partial charge in [-0.05, 0) is 19.8 Å². The molecule has 0 aliphatic rings. The first kappa shape index (κ1) is 12.7. The predicted octanol–water partition coefficient (Wildman–Crippen LogP) is 1.19. The van der Waals surface area contributed by atoms with Crippen LogP contribution in [0.1, 0.15) is 32.5 Å².